The number of thiocarbonyl (C=S) groups is 1. The van der Waals surface area contributed by atoms with E-state index in [-0.39, 0.29) is 12.5 Å². The molecule has 6 heteroatoms. The summed E-state index contributed by atoms with van der Waals surface area (Å²) in [6.45, 7) is 8.80. The molecule has 30 heavy (non-hydrogen) atoms. The first-order chi connectivity index (χ1) is 14.4. The van der Waals surface area contributed by atoms with Crippen molar-refractivity contribution in [2.75, 3.05) is 45.1 Å². The molecule has 0 aromatic heterocycles. The first kappa shape index (κ1) is 22.2. The van der Waals surface area contributed by atoms with Gasteiger partial charge in [-0.25, -0.2) is 0 Å². The number of amides is 1. The number of carbonyl (C=O) groups is 1. The summed E-state index contributed by atoms with van der Waals surface area (Å²) in [6, 6.07) is 16.9. The molecule has 1 aliphatic heterocycles. The Morgan fingerprint density at radius 1 is 1.07 bits per heavy atom. The topological polar surface area (TPSA) is 38.8 Å². The van der Waals surface area contributed by atoms with Crippen LogP contribution in [0.3, 0.4) is 0 Å². The summed E-state index contributed by atoms with van der Waals surface area (Å²) < 4.78 is 0. The van der Waals surface area contributed by atoms with Crippen molar-refractivity contribution in [1.82, 2.24) is 14.7 Å². The summed E-state index contributed by atoms with van der Waals surface area (Å²) in [4.78, 5) is 18.9. The maximum absolute atomic E-state index is 12.7. The van der Waals surface area contributed by atoms with Crippen molar-refractivity contribution in [3.05, 3.63) is 65.2 Å². The van der Waals surface area contributed by atoms with E-state index in [0.29, 0.717) is 5.11 Å². The maximum Gasteiger partial charge on any atom is 0.242 e. The number of piperazine rings is 1. The van der Waals surface area contributed by atoms with Crippen LogP contribution in [0.5, 0.6) is 0 Å². The van der Waals surface area contributed by atoms with Gasteiger partial charge in [-0.05, 0) is 48.8 Å². The van der Waals surface area contributed by atoms with Gasteiger partial charge < -0.3 is 15.1 Å². The lowest BCUT2D eigenvalue weighted by atomic mass is 10.1. The molecular weight excluding hydrogens is 392 g/mol. The average Bonchev–Trinajstić information content (AvgIpc) is 2.74. The van der Waals surface area contributed by atoms with Gasteiger partial charge in [-0.15, -0.1) is 0 Å². The van der Waals surface area contributed by atoms with Crippen molar-refractivity contribution >= 4 is 28.9 Å². The second kappa shape index (κ2) is 10.5. The zero-order valence-corrected chi connectivity index (χ0v) is 19.0. The fourth-order valence-corrected chi connectivity index (χ4v) is 3.82. The summed E-state index contributed by atoms with van der Waals surface area (Å²) in [5, 5.41) is 3.78. The van der Waals surface area contributed by atoms with E-state index in [9.17, 15) is 4.79 Å². The SMILES string of the molecule is CCc1ccc(NC(=S)N(C)CC(=O)N2CCN(Cc3cccc(C)c3)CC2)cc1. The van der Waals surface area contributed by atoms with E-state index in [0.717, 1.165) is 44.8 Å². The van der Waals surface area contributed by atoms with Gasteiger partial charge >= 0.3 is 0 Å². The number of likely N-dealkylation sites (N-methyl/N-ethyl adjacent to an activating group) is 1. The van der Waals surface area contributed by atoms with Crippen molar-refractivity contribution in [1.29, 1.82) is 0 Å². The number of carbonyl (C=O) groups excluding carboxylic acids is 1. The van der Waals surface area contributed by atoms with Crippen LogP contribution in [0, 0.1) is 6.92 Å². The second-order valence-electron chi connectivity index (χ2n) is 7.98. The van der Waals surface area contributed by atoms with Gasteiger partial charge in [0.25, 0.3) is 0 Å². The third-order valence-electron chi connectivity index (χ3n) is 5.55. The Balaban J connectivity index is 1.43. The molecule has 0 spiro atoms. The van der Waals surface area contributed by atoms with Crippen LogP contribution in [0.1, 0.15) is 23.6 Å². The van der Waals surface area contributed by atoms with E-state index in [1.807, 2.05) is 29.0 Å². The van der Waals surface area contributed by atoms with Crippen LogP contribution in [0.15, 0.2) is 48.5 Å². The Morgan fingerprint density at radius 2 is 1.77 bits per heavy atom. The van der Waals surface area contributed by atoms with Crippen molar-refractivity contribution in [3.63, 3.8) is 0 Å². The fraction of sp³-hybridized carbons (Fsp3) is 0.417. The molecule has 2 aromatic rings. The second-order valence-corrected chi connectivity index (χ2v) is 8.37. The van der Waals surface area contributed by atoms with Crippen LogP contribution in [-0.4, -0.2) is 65.5 Å². The number of nitrogens with one attached hydrogen (secondary N) is 1. The quantitative estimate of drug-likeness (QED) is 0.719. The third kappa shape index (κ3) is 6.28. The van der Waals surface area contributed by atoms with Gasteiger partial charge in [0.15, 0.2) is 5.11 Å². The predicted octanol–water partition coefficient (Wildman–Crippen LogP) is 3.53. The molecule has 0 unspecified atom stereocenters. The molecule has 0 saturated carbocycles. The van der Waals surface area contributed by atoms with Crippen LogP contribution >= 0.6 is 12.2 Å². The number of anilines is 1. The zero-order chi connectivity index (χ0) is 21.5. The molecule has 0 atom stereocenters. The van der Waals surface area contributed by atoms with Crippen molar-refractivity contribution in [3.8, 4) is 0 Å². The van der Waals surface area contributed by atoms with E-state index in [1.165, 1.54) is 16.7 Å². The van der Waals surface area contributed by atoms with Crippen LogP contribution in [0.25, 0.3) is 0 Å². The van der Waals surface area contributed by atoms with Gasteiger partial charge in [-0.2, -0.15) is 0 Å². The van der Waals surface area contributed by atoms with Crippen molar-refractivity contribution in [2.24, 2.45) is 0 Å². The van der Waals surface area contributed by atoms with Crippen LogP contribution < -0.4 is 5.32 Å². The highest BCUT2D eigenvalue weighted by atomic mass is 32.1. The summed E-state index contributed by atoms with van der Waals surface area (Å²) in [5.74, 6) is 0.123. The summed E-state index contributed by atoms with van der Waals surface area (Å²) >= 11 is 5.48. The van der Waals surface area contributed by atoms with Gasteiger partial charge in [-0.3, -0.25) is 9.69 Å². The van der Waals surface area contributed by atoms with E-state index >= 15 is 0 Å². The van der Waals surface area contributed by atoms with E-state index in [1.54, 1.807) is 0 Å². The number of hydrogen-bond acceptors (Lipinski definition) is 3. The zero-order valence-electron chi connectivity index (χ0n) is 18.2. The molecular formula is C24H32N4OS. The van der Waals surface area contributed by atoms with Crippen LogP contribution in [0.2, 0.25) is 0 Å². The minimum Gasteiger partial charge on any atom is -0.343 e. The number of benzene rings is 2. The lowest BCUT2D eigenvalue weighted by molar-refractivity contribution is -0.133. The van der Waals surface area contributed by atoms with Gasteiger partial charge in [0, 0.05) is 45.5 Å². The molecule has 1 amide bonds. The first-order valence-corrected chi connectivity index (χ1v) is 11.0. The summed E-state index contributed by atoms with van der Waals surface area (Å²) in [7, 11) is 1.86. The number of hydrogen-bond donors (Lipinski definition) is 1. The van der Waals surface area contributed by atoms with E-state index < -0.39 is 0 Å². The molecule has 5 nitrogen and oxygen atoms in total. The predicted molar refractivity (Wildman–Crippen MR) is 128 cm³/mol. The highest BCUT2D eigenvalue weighted by Crippen LogP contribution is 2.12. The molecule has 2 aromatic carbocycles. The highest BCUT2D eigenvalue weighted by molar-refractivity contribution is 7.80. The van der Waals surface area contributed by atoms with Gasteiger partial charge in [0.1, 0.15) is 0 Å². The van der Waals surface area contributed by atoms with Crippen molar-refractivity contribution in [2.45, 2.75) is 26.8 Å². The minimum atomic E-state index is 0.123. The normalized spacial score (nSPS) is 14.4. The number of nitrogens with zero attached hydrogens (tertiary/aromatic N) is 3. The monoisotopic (exact) mass is 424 g/mol. The lowest BCUT2D eigenvalue weighted by Crippen LogP contribution is -2.51. The number of rotatable bonds is 6. The fourth-order valence-electron chi connectivity index (χ4n) is 3.64. The molecule has 1 N–H and O–H groups in total. The van der Waals surface area contributed by atoms with Gasteiger partial charge in [0.2, 0.25) is 5.91 Å². The Hall–Kier alpha value is -2.44. The first-order valence-electron chi connectivity index (χ1n) is 10.6. The molecule has 0 bridgehead atoms. The number of aryl methyl sites for hydroxylation is 2. The molecule has 1 aliphatic rings. The molecule has 1 saturated heterocycles. The lowest BCUT2D eigenvalue weighted by Gasteiger charge is -2.35. The van der Waals surface area contributed by atoms with Crippen LogP contribution in [0.4, 0.5) is 5.69 Å². The Kier molecular flexibility index (Phi) is 7.82. The maximum atomic E-state index is 12.7. The molecule has 1 heterocycles. The van der Waals surface area contributed by atoms with E-state index in [4.69, 9.17) is 12.2 Å². The Morgan fingerprint density at radius 3 is 2.40 bits per heavy atom. The largest absolute Gasteiger partial charge is 0.343 e. The van der Waals surface area contributed by atoms with Gasteiger partial charge in [-0.1, -0.05) is 48.9 Å². The summed E-state index contributed by atoms with van der Waals surface area (Å²) in [5.41, 5.74) is 4.85. The average molecular weight is 425 g/mol. The summed E-state index contributed by atoms with van der Waals surface area (Å²) in [6.07, 6.45) is 1.01. The van der Waals surface area contributed by atoms with Gasteiger partial charge in [0.05, 0.1) is 6.54 Å². The Bertz CT molecular complexity index is 860. The standard InChI is InChI=1S/C24H32N4OS/c1-4-20-8-10-22(11-9-20)25-24(30)26(3)18-23(29)28-14-12-27(13-15-28)17-21-7-5-6-19(2)16-21/h5-11,16H,4,12-15,17-18H2,1-3H3,(H,25,30). The van der Waals surface area contributed by atoms with Crippen LogP contribution in [-0.2, 0) is 17.8 Å². The highest BCUT2D eigenvalue weighted by Gasteiger charge is 2.22. The molecule has 1 fully saturated rings. The molecule has 0 aliphatic carbocycles. The minimum absolute atomic E-state index is 0.123. The van der Waals surface area contributed by atoms with Crippen molar-refractivity contribution < 1.29 is 4.79 Å². The molecule has 3 rings (SSSR count). The Labute approximate surface area is 185 Å². The smallest absolute Gasteiger partial charge is 0.242 e. The van der Waals surface area contributed by atoms with E-state index in [2.05, 4.69) is 60.5 Å². The molecule has 160 valence electrons. The molecule has 0 radical (unpaired) electrons. The third-order valence-corrected chi connectivity index (χ3v) is 5.96.